The lowest BCUT2D eigenvalue weighted by Crippen LogP contribution is -2.40. The van der Waals surface area contributed by atoms with Crippen molar-refractivity contribution >= 4 is 12.4 Å². The van der Waals surface area contributed by atoms with Crippen LogP contribution in [0.4, 0.5) is 0 Å². The van der Waals surface area contributed by atoms with Gasteiger partial charge in [-0.25, -0.2) is 0 Å². The molecule has 18 heavy (non-hydrogen) atoms. The van der Waals surface area contributed by atoms with Gasteiger partial charge in [0, 0.05) is 19.0 Å². The van der Waals surface area contributed by atoms with E-state index in [4.69, 9.17) is 4.74 Å². The number of fused-ring (bicyclic) bond motifs is 3. The Morgan fingerprint density at radius 1 is 1.39 bits per heavy atom. The summed E-state index contributed by atoms with van der Waals surface area (Å²) in [4.78, 5) is 0. The van der Waals surface area contributed by atoms with E-state index in [-0.39, 0.29) is 18.0 Å². The largest absolute Gasteiger partial charge is 0.369 e. The first-order valence-electron chi connectivity index (χ1n) is 6.58. The maximum Gasteiger partial charge on any atom is 0.0863 e. The molecule has 2 aliphatic heterocycles. The second kappa shape index (κ2) is 4.84. The molecule has 1 saturated heterocycles. The van der Waals surface area contributed by atoms with Gasteiger partial charge in [0.25, 0.3) is 0 Å². The third-order valence-electron chi connectivity index (χ3n) is 4.35. The Bertz CT molecular complexity index is 446. The van der Waals surface area contributed by atoms with E-state index in [0.29, 0.717) is 11.8 Å². The van der Waals surface area contributed by atoms with Gasteiger partial charge in [-0.15, -0.1) is 12.4 Å². The maximum absolute atomic E-state index is 6.14. The van der Waals surface area contributed by atoms with Crippen LogP contribution in [-0.4, -0.2) is 18.7 Å². The van der Waals surface area contributed by atoms with Gasteiger partial charge in [0.2, 0.25) is 0 Å². The van der Waals surface area contributed by atoms with Gasteiger partial charge in [0.05, 0.1) is 12.2 Å². The second-order valence-corrected chi connectivity index (χ2v) is 5.85. The normalized spacial score (nSPS) is 29.7. The van der Waals surface area contributed by atoms with Crippen LogP contribution in [0.1, 0.15) is 49.3 Å². The van der Waals surface area contributed by atoms with Crippen LogP contribution in [-0.2, 0) is 11.3 Å². The first-order chi connectivity index (χ1) is 8.12. The van der Waals surface area contributed by atoms with Crippen LogP contribution >= 0.6 is 12.4 Å². The predicted molar refractivity (Wildman–Crippen MR) is 76.6 cm³/mol. The highest BCUT2D eigenvalue weighted by atomic mass is 35.5. The molecule has 2 heterocycles. The van der Waals surface area contributed by atoms with Crippen LogP contribution in [0, 0.1) is 0 Å². The van der Waals surface area contributed by atoms with Gasteiger partial charge in [-0.05, 0) is 29.5 Å². The molecule has 0 aliphatic carbocycles. The molecule has 0 spiro atoms. The first-order valence-corrected chi connectivity index (χ1v) is 6.58. The predicted octanol–water partition coefficient (Wildman–Crippen LogP) is 3.21. The molecular weight excluding hydrogens is 246 g/mol. The Balaban J connectivity index is 0.00000120. The summed E-state index contributed by atoms with van der Waals surface area (Å²) in [6.45, 7) is 9.56. The van der Waals surface area contributed by atoms with Crippen molar-refractivity contribution in [1.29, 1.82) is 0 Å². The average Bonchev–Trinajstić information content (AvgIpc) is 2.70. The van der Waals surface area contributed by atoms with Gasteiger partial charge < -0.3 is 10.1 Å². The third-order valence-corrected chi connectivity index (χ3v) is 4.35. The van der Waals surface area contributed by atoms with E-state index in [1.807, 2.05) is 0 Å². The third kappa shape index (κ3) is 1.97. The molecule has 3 rings (SSSR count). The van der Waals surface area contributed by atoms with E-state index in [1.54, 1.807) is 0 Å². The highest BCUT2D eigenvalue weighted by Crippen LogP contribution is 2.43. The van der Waals surface area contributed by atoms with Crippen molar-refractivity contribution in [3.05, 3.63) is 34.9 Å². The summed E-state index contributed by atoms with van der Waals surface area (Å²) in [6.07, 6.45) is 0. The molecule has 0 radical (unpaired) electrons. The minimum Gasteiger partial charge on any atom is -0.369 e. The summed E-state index contributed by atoms with van der Waals surface area (Å²) in [5, 5.41) is 3.47. The summed E-state index contributed by atoms with van der Waals surface area (Å²) in [5.74, 6) is 1.09. The Morgan fingerprint density at radius 2 is 2.17 bits per heavy atom. The first kappa shape index (κ1) is 13.9. The molecule has 2 aliphatic rings. The number of benzene rings is 1. The van der Waals surface area contributed by atoms with Crippen LogP contribution < -0.4 is 5.32 Å². The van der Waals surface area contributed by atoms with Crippen molar-refractivity contribution in [2.45, 2.75) is 44.8 Å². The van der Waals surface area contributed by atoms with E-state index < -0.39 is 0 Å². The number of ether oxygens (including phenoxy) is 1. The second-order valence-electron chi connectivity index (χ2n) is 5.85. The highest BCUT2D eigenvalue weighted by Gasteiger charge is 2.44. The van der Waals surface area contributed by atoms with E-state index in [9.17, 15) is 0 Å². The van der Waals surface area contributed by atoms with Gasteiger partial charge in [0.1, 0.15) is 0 Å². The van der Waals surface area contributed by atoms with Crippen molar-refractivity contribution in [2.24, 2.45) is 0 Å². The fraction of sp³-hybridized carbons (Fsp3) is 0.600. The molecule has 1 N–H and O–H groups in total. The summed E-state index contributed by atoms with van der Waals surface area (Å²) in [6, 6.07) is 6.75. The molecule has 1 fully saturated rings. The summed E-state index contributed by atoms with van der Waals surface area (Å²) in [5.41, 5.74) is 4.41. The quantitative estimate of drug-likeness (QED) is 0.844. The smallest absolute Gasteiger partial charge is 0.0863 e. The highest BCUT2D eigenvalue weighted by molar-refractivity contribution is 5.85. The number of nitrogens with one attached hydrogen (secondary N) is 1. The van der Waals surface area contributed by atoms with Crippen molar-refractivity contribution < 1.29 is 4.74 Å². The van der Waals surface area contributed by atoms with Gasteiger partial charge in [-0.2, -0.15) is 0 Å². The fourth-order valence-corrected chi connectivity index (χ4v) is 3.29. The van der Waals surface area contributed by atoms with Crippen molar-refractivity contribution in [1.82, 2.24) is 5.32 Å². The van der Waals surface area contributed by atoms with Gasteiger partial charge in [0.15, 0.2) is 0 Å². The van der Waals surface area contributed by atoms with Gasteiger partial charge >= 0.3 is 0 Å². The number of halogens is 1. The molecule has 1 aromatic rings. The lowest BCUT2D eigenvalue weighted by atomic mass is 9.79. The SMILES string of the molecule is CC(C)c1cccc2c1CO[C@]1(C)CNC[C@H]21.Cl. The van der Waals surface area contributed by atoms with Crippen molar-refractivity contribution in [3.63, 3.8) is 0 Å². The van der Waals surface area contributed by atoms with Gasteiger partial charge in [-0.3, -0.25) is 0 Å². The molecule has 0 amide bonds. The Labute approximate surface area is 116 Å². The average molecular weight is 268 g/mol. The Hall–Kier alpha value is -0.570. The molecule has 100 valence electrons. The molecule has 0 saturated carbocycles. The lowest BCUT2D eigenvalue weighted by Gasteiger charge is -2.38. The molecule has 2 atom stereocenters. The Morgan fingerprint density at radius 3 is 2.89 bits per heavy atom. The summed E-state index contributed by atoms with van der Waals surface area (Å²) in [7, 11) is 0. The van der Waals surface area contributed by atoms with Crippen LogP contribution in [0.15, 0.2) is 18.2 Å². The minimum atomic E-state index is 0. The van der Waals surface area contributed by atoms with E-state index in [0.717, 1.165) is 19.7 Å². The topological polar surface area (TPSA) is 21.3 Å². The summed E-state index contributed by atoms with van der Waals surface area (Å²) < 4.78 is 6.14. The van der Waals surface area contributed by atoms with Crippen LogP contribution in [0.5, 0.6) is 0 Å². The Kier molecular flexibility index (Phi) is 3.72. The molecule has 0 aromatic heterocycles. The molecular formula is C15H22ClNO. The van der Waals surface area contributed by atoms with E-state index in [2.05, 4.69) is 44.3 Å². The number of hydrogen-bond donors (Lipinski definition) is 1. The standard InChI is InChI=1S/C15H21NO.ClH/c1-10(2)11-5-4-6-12-13(11)8-17-15(3)9-16-7-14(12)15;/h4-6,10,14,16H,7-9H2,1-3H3;1H/t14-,15-;/m1./s1. The van der Waals surface area contributed by atoms with Crippen LogP contribution in [0.3, 0.4) is 0 Å². The zero-order chi connectivity index (χ0) is 12.0. The van der Waals surface area contributed by atoms with Crippen LogP contribution in [0.25, 0.3) is 0 Å². The molecule has 0 unspecified atom stereocenters. The number of rotatable bonds is 1. The molecule has 0 bridgehead atoms. The molecule has 3 heteroatoms. The van der Waals surface area contributed by atoms with Crippen molar-refractivity contribution in [3.8, 4) is 0 Å². The minimum absolute atomic E-state index is 0. The summed E-state index contributed by atoms with van der Waals surface area (Å²) >= 11 is 0. The zero-order valence-corrected chi connectivity index (χ0v) is 12.1. The van der Waals surface area contributed by atoms with E-state index in [1.165, 1.54) is 16.7 Å². The van der Waals surface area contributed by atoms with E-state index >= 15 is 0 Å². The molecule has 1 aromatic carbocycles. The number of hydrogen-bond acceptors (Lipinski definition) is 2. The van der Waals surface area contributed by atoms with Crippen molar-refractivity contribution in [2.75, 3.05) is 13.1 Å². The maximum atomic E-state index is 6.14. The zero-order valence-electron chi connectivity index (χ0n) is 11.3. The van der Waals surface area contributed by atoms with Gasteiger partial charge in [-0.1, -0.05) is 32.0 Å². The monoisotopic (exact) mass is 267 g/mol. The van der Waals surface area contributed by atoms with Crippen LogP contribution in [0.2, 0.25) is 0 Å². The lowest BCUT2D eigenvalue weighted by molar-refractivity contribution is -0.0522. The molecule has 2 nitrogen and oxygen atoms in total. The fourth-order valence-electron chi connectivity index (χ4n) is 3.29.